The molecule has 0 aliphatic carbocycles. The van der Waals surface area contributed by atoms with Crippen molar-refractivity contribution in [1.29, 1.82) is 0 Å². The molecule has 1 heterocycles. The second-order valence-electron chi connectivity index (χ2n) is 7.04. The molecule has 0 spiro atoms. The fourth-order valence-electron chi connectivity index (χ4n) is 3.62. The van der Waals surface area contributed by atoms with Crippen LogP contribution in [0.15, 0.2) is 36.4 Å². The van der Waals surface area contributed by atoms with Crippen molar-refractivity contribution in [2.24, 2.45) is 0 Å². The molecule has 1 aliphatic rings. The number of fused-ring (bicyclic) bond motifs is 1. The number of methoxy groups -OCH3 is 2. The highest BCUT2D eigenvalue weighted by Gasteiger charge is 2.36. The van der Waals surface area contributed by atoms with Crippen LogP contribution in [0.1, 0.15) is 22.7 Å². The number of hydrogen-bond donors (Lipinski definition) is 1. The molecule has 1 aliphatic heterocycles. The predicted molar refractivity (Wildman–Crippen MR) is 94.8 cm³/mol. The monoisotopic (exact) mass is 328 g/mol. The van der Waals surface area contributed by atoms with E-state index >= 15 is 0 Å². The van der Waals surface area contributed by atoms with Gasteiger partial charge in [-0.3, -0.25) is 0 Å². The number of benzene rings is 2. The van der Waals surface area contributed by atoms with Crippen LogP contribution < -0.4 is 9.47 Å². The number of aromatic hydroxyl groups is 1. The highest BCUT2D eigenvalue weighted by molar-refractivity contribution is 5.49. The fraction of sp³-hybridized carbons (Fsp3) is 0.400. The van der Waals surface area contributed by atoms with Crippen molar-refractivity contribution in [3.8, 4) is 17.2 Å². The first-order chi connectivity index (χ1) is 11.4. The summed E-state index contributed by atoms with van der Waals surface area (Å²) in [6, 6.07) is 12.1. The maximum Gasteiger partial charge on any atom is 0.161 e. The summed E-state index contributed by atoms with van der Waals surface area (Å²) >= 11 is 0. The number of phenols is 1. The van der Waals surface area contributed by atoms with E-state index in [-0.39, 0.29) is 0 Å². The van der Waals surface area contributed by atoms with Gasteiger partial charge in [-0.25, -0.2) is 0 Å². The third-order valence-electron chi connectivity index (χ3n) is 5.17. The third kappa shape index (κ3) is 3.06. The van der Waals surface area contributed by atoms with Gasteiger partial charge < -0.3 is 19.1 Å². The van der Waals surface area contributed by atoms with E-state index in [0.29, 0.717) is 11.8 Å². The molecule has 2 aromatic rings. The Bertz CT molecular complexity index is 722. The highest BCUT2D eigenvalue weighted by Crippen LogP contribution is 2.41. The summed E-state index contributed by atoms with van der Waals surface area (Å²) in [4.78, 5) is 0. The molecule has 128 valence electrons. The Balaban J connectivity index is 2.02. The van der Waals surface area contributed by atoms with Crippen molar-refractivity contribution in [3.05, 3.63) is 53.1 Å². The molecule has 24 heavy (non-hydrogen) atoms. The Morgan fingerprint density at radius 2 is 1.67 bits per heavy atom. The van der Waals surface area contributed by atoms with Crippen molar-refractivity contribution < 1.29 is 19.1 Å². The van der Waals surface area contributed by atoms with Crippen molar-refractivity contribution in [2.45, 2.75) is 18.9 Å². The normalized spacial score (nSPS) is 18.8. The second kappa shape index (κ2) is 6.36. The predicted octanol–water partition coefficient (Wildman–Crippen LogP) is 3.33. The maximum absolute atomic E-state index is 9.51. The van der Waals surface area contributed by atoms with Crippen molar-refractivity contribution in [2.75, 3.05) is 34.9 Å². The van der Waals surface area contributed by atoms with Crippen LogP contribution in [-0.4, -0.2) is 44.4 Å². The highest BCUT2D eigenvalue weighted by atomic mass is 16.5. The molecule has 0 bridgehead atoms. The number of likely N-dealkylation sites (N-methyl/N-ethyl adjacent to an activating group) is 1. The first-order valence-electron chi connectivity index (χ1n) is 8.30. The van der Waals surface area contributed by atoms with Gasteiger partial charge in [0.15, 0.2) is 11.5 Å². The van der Waals surface area contributed by atoms with E-state index in [2.05, 4.69) is 26.2 Å². The largest absolute Gasteiger partial charge is 0.508 e. The number of phenolic OH excluding ortho intramolecular Hbond substituents is 1. The van der Waals surface area contributed by atoms with Gasteiger partial charge in [-0.1, -0.05) is 12.1 Å². The second-order valence-corrected chi connectivity index (χ2v) is 7.04. The quantitative estimate of drug-likeness (QED) is 0.875. The summed E-state index contributed by atoms with van der Waals surface area (Å²) in [5, 5.41) is 9.51. The van der Waals surface area contributed by atoms with E-state index in [9.17, 15) is 5.11 Å². The lowest BCUT2D eigenvalue weighted by molar-refractivity contribution is -0.923. The lowest BCUT2D eigenvalue weighted by Crippen LogP contribution is -2.48. The van der Waals surface area contributed by atoms with E-state index in [0.717, 1.165) is 35.4 Å². The van der Waals surface area contributed by atoms with Crippen LogP contribution in [0.25, 0.3) is 0 Å². The summed E-state index contributed by atoms with van der Waals surface area (Å²) in [6.07, 6.45) is 1.96. The van der Waals surface area contributed by atoms with Crippen LogP contribution >= 0.6 is 0 Å². The summed E-state index contributed by atoms with van der Waals surface area (Å²) < 4.78 is 11.9. The van der Waals surface area contributed by atoms with Gasteiger partial charge in [-0.05, 0) is 35.4 Å². The standard InChI is InChI=1S/C20H25NO3/c1-21(2)10-9-15-12-19(23-3)20(24-4)13-17(15)18(21)11-14-5-7-16(22)8-6-14/h5-8,12-13,18H,9-11H2,1-4H3/p+1/t18-/m1/s1. The van der Waals surface area contributed by atoms with Gasteiger partial charge in [-0.15, -0.1) is 0 Å². The van der Waals surface area contributed by atoms with Crippen LogP contribution in [0.5, 0.6) is 17.2 Å². The third-order valence-corrected chi connectivity index (χ3v) is 5.17. The van der Waals surface area contributed by atoms with Crippen LogP contribution in [0, 0.1) is 0 Å². The van der Waals surface area contributed by atoms with E-state index in [1.54, 1.807) is 26.4 Å². The van der Waals surface area contributed by atoms with Gasteiger partial charge >= 0.3 is 0 Å². The topological polar surface area (TPSA) is 38.7 Å². The lowest BCUT2D eigenvalue weighted by atomic mass is 9.87. The molecule has 1 N–H and O–H groups in total. The molecule has 0 fully saturated rings. The zero-order valence-corrected chi connectivity index (χ0v) is 14.9. The zero-order chi connectivity index (χ0) is 17.3. The molecule has 4 heteroatoms. The molecule has 4 nitrogen and oxygen atoms in total. The Morgan fingerprint density at radius 3 is 2.29 bits per heavy atom. The number of nitrogens with zero attached hydrogens (tertiary/aromatic N) is 1. The summed E-state index contributed by atoms with van der Waals surface area (Å²) in [6.45, 7) is 1.09. The summed E-state index contributed by atoms with van der Waals surface area (Å²) in [5.74, 6) is 1.89. The molecule has 1 atom stereocenters. The van der Waals surface area contributed by atoms with E-state index < -0.39 is 0 Å². The molecule has 0 unspecified atom stereocenters. The molecule has 0 aromatic heterocycles. The minimum absolute atomic E-state index is 0.308. The SMILES string of the molecule is COc1cc2c(cc1OC)[C@@H](Cc1ccc(O)cc1)[N+](C)(C)CC2. The van der Waals surface area contributed by atoms with Crippen molar-refractivity contribution in [1.82, 2.24) is 0 Å². The van der Waals surface area contributed by atoms with Crippen LogP contribution in [0.3, 0.4) is 0 Å². The maximum atomic E-state index is 9.51. The molecular formula is C20H26NO3+. The van der Waals surface area contributed by atoms with E-state index in [1.807, 2.05) is 12.1 Å². The van der Waals surface area contributed by atoms with E-state index in [1.165, 1.54) is 16.7 Å². The Morgan fingerprint density at radius 1 is 1.04 bits per heavy atom. The van der Waals surface area contributed by atoms with Gasteiger partial charge in [-0.2, -0.15) is 0 Å². The minimum atomic E-state index is 0.308. The van der Waals surface area contributed by atoms with Gasteiger partial charge in [0.05, 0.1) is 34.9 Å². The Hall–Kier alpha value is -2.20. The van der Waals surface area contributed by atoms with Crippen molar-refractivity contribution >= 4 is 0 Å². The van der Waals surface area contributed by atoms with Crippen LogP contribution in [0.4, 0.5) is 0 Å². The molecule has 0 saturated heterocycles. The van der Waals surface area contributed by atoms with Gasteiger partial charge in [0.1, 0.15) is 11.8 Å². The van der Waals surface area contributed by atoms with Gasteiger partial charge in [0.2, 0.25) is 0 Å². The molecule has 0 radical (unpaired) electrons. The average Bonchev–Trinajstić information content (AvgIpc) is 2.58. The average molecular weight is 328 g/mol. The Labute approximate surface area is 143 Å². The van der Waals surface area contributed by atoms with Crippen LogP contribution in [-0.2, 0) is 12.8 Å². The molecular weight excluding hydrogens is 302 g/mol. The summed E-state index contributed by atoms with van der Waals surface area (Å²) in [7, 11) is 7.93. The van der Waals surface area contributed by atoms with E-state index in [4.69, 9.17) is 9.47 Å². The molecule has 3 rings (SSSR count). The van der Waals surface area contributed by atoms with Crippen molar-refractivity contribution in [3.63, 3.8) is 0 Å². The zero-order valence-electron chi connectivity index (χ0n) is 14.9. The fourth-order valence-corrected chi connectivity index (χ4v) is 3.62. The number of quaternary nitrogens is 1. The number of rotatable bonds is 4. The first-order valence-corrected chi connectivity index (χ1v) is 8.30. The minimum Gasteiger partial charge on any atom is -0.508 e. The van der Waals surface area contributed by atoms with Crippen LogP contribution in [0.2, 0.25) is 0 Å². The summed E-state index contributed by atoms with van der Waals surface area (Å²) in [5.41, 5.74) is 3.90. The number of hydrogen-bond acceptors (Lipinski definition) is 3. The molecule has 0 saturated carbocycles. The molecule has 0 amide bonds. The van der Waals surface area contributed by atoms with Gasteiger partial charge in [0.25, 0.3) is 0 Å². The molecule has 2 aromatic carbocycles. The smallest absolute Gasteiger partial charge is 0.161 e. The number of ether oxygens (including phenoxy) is 2. The first kappa shape index (κ1) is 16.7. The lowest BCUT2D eigenvalue weighted by Gasteiger charge is -2.43. The Kier molecular flexibility index (Phi) is 4.41. The van der Waals surface area contributed by atoms with Gasteiger partial charge in [0, 0.05) is 18.4 Å².